The summed E-state index contributed by atoms with van der Waals surface area (Å²) < 4.78 is 59.6. The third-order valence-electron chi connectivity index (χ3n) is 5.46. The fraction of sp³-hybridized carbons (Fsp3) is 0.500. The van der Waals surface area contributed by atoms with Crippen LogP contribution in [0.25, 0.3) is 0 Å². The monoisotopic (exact) mass is 453 g/mol. The van der Waals surface area contributed by atoms with E-state index in [1.807, 2.05) is 0 Å². The Morgan fingerprint density at radius 2 is 1.94 bits per heavy atom. The van der Waals surface area contributed by atoms with Gasteiger partial charge in [0.1, 0.15) is 6.10 Å². The molecule has 0 bridgehead atoms. The number of aromatic nitrogens is 1. The summed E-state index contributed by atoms with van der Waals surface area (Å²) in [7, 11) is -3.87. The van der Waals surface area contributed by atoms with Crippen molar-refractivity contribution in [2.45, 2.75) is 57.0 Å². The number of hydrogen-bond donors (Lipinski definition) is 1. The second kappa shape index (κ2) is 9.91. The van der Waals surface area contributed by atoms with Crippen molar-refractivity contribution >= 4 is 15.7 Å². The summed E-state index contributed by atoms with van der Waals surface area (Å²) in [5.74, 6) is -0.494. The van der Waals surface area contributed by atoms with Gasteiger partial charge in [0.2, 0.25) is 12.3 Å². The first-order valence-electron chi connectivity index (χ1n) is 10.5. The van der Waals surface area contributed by atoms with Crippen LogP contribution < -0.4 is 9.46 Å². The van der Waals surface area contributed by atoms with E-state index in [1.165, 1.54) is 31.2 Å². The van der Waals surface area contributed by atoms with Gasteiger partial charge in [-0.05, 0) is 50.1 Å². The maximum Gasteiger partial charge on any atom is 0.261 e. The number of rotatable bonds is 9. The number of nitrogens with one attached hydrogen (secondary N) is 1. The van der Waals surface area contributed by atoms with E-state index in [4.69, 9.17) is 4.74 Å². The number of benzene rings is 1. The van der Waals surface area contributed by atoms with Crippen LogP contribution in [0.5, 0.6) is 5.88 Å². The third-order valence-corrected chi connectivity index (χ3v) is 6.84. The van der Waals surface area contributed by atoms with E-state index in [-0.39, 0.29) is 11.0 Å². The molecule has 1 aromatic carbocycles. The predicted octanol–water partition coefficient (Wildman–Crippen LogP) is 4.42. The molecule has 1 aliphatic rings. The van der Waals surface area contributed by atoms with Gasteiger partial charge in [-0.2, -0.15) is 0 Å². The van der Waals surface area contributed by atoms with Gasteiger partial charge in [-0.1, -0.05) is 26.0 Å². The van der Waals surface area contributed by atoms with Gasteiger partial charge in [0.25, 0.3) is 10.0 Å². The molecule has 9 heteroatoms. The number of alkyl halides is 2. The lowest BCUT2D eigenvalue weighted by atomic mass is 10.0. The molecule has 0 aliphatic carbocycles. The minimum Gasteiger partial charge on any atom is -0.473 e. The molecule has 6 nitrogen and oxygen atoms in total. The molecule has 0 saturated carbocycles. The first-order chi connectivity index (χ1) is 14.7. The summed E-state index contributed by atoms with van der Waals surface area (Å²) in [6.45, 7) is 8.17. The Balaban J connectivity index is 1.66. The van der Waals surface area contributed by atoms with Crippen molar-refractivity contribution in [1.29, 1.82) is 0 Å². The molecule has 1 saturated heterocycles. The van der Waals surface area contributed by atoms with E-state index in [0.29, 0.717) is 22.8 Å². The molecule has 0 amide bonds. The molecule has 0 spiro atoms. The highest BCUT2D eigenvalue weighted by atomic mass is 32.2. The average Bonchev–Trinajstić information content (AvgIpc) is 3.16. The zero-order valence-electron chi connectivity index (χ0n) is 18.0. The number of ether oxygens (including phenoxy) is 1. The number of likely N-dealkylation sites (tertiary alicyclic amines) is 1. The number of anilines is 1. The third kappa shape index (κ3) is 5.92. The Morgan fingerprint density at radius 3 is 2.55 bits per heavy atom. The Labute approximate surface area is 182 Å². The van der Waals surface area contributed by atoms with Gasteiger partial charge >= 0.3 is 0 Å². The highest BCUT2D eigenvalue weighted by Crippen LogP contribution is 2.26. The first-order valence-corrected chi connectivity index (χ1v) is 12.0. The fourth-order valence-corrected chi connectivity index (χ4v) is 4.71. The Kier molecular flexibility index (Phi) is 7.48. The van der Waals surface area contributed by atoms with Crippen molar-refractivity contribution in [1.82, 2.24) is 9.88 Å². The van der Waals surface area contributed by atoms with Gasteiger partial charge < -0.3 is 4.74 Å². The van der Waals surface area contributed by atoms with E-state index in [1.54, 1.807) is 19.1 Å². The van der Waals surface area contributed by atoms with Gasteiger partial charge in [0.15, 0.2) is 0 Å². The molecule has 1 fully saturated rings. The van der Waals surface area contributed by atoms with Crippen LogP contribution in [-0.2, 0) is 10.0 Å². The normalized spacial score (nSPS) is 18.3. The summed E-state index contributed by atoms with van der Waals surface area (Å²) in [6, 6.07) is 8.77. The molecule has 2 aromatic rings. The average molecular weight is 454 g/mol. The van der Waals surface area contributed by atoms with Gasteiger partial charge in [0.05, 0.1) is 16.3 Å². The Morgan fingerprint density at radius 1 is 1.23 bits per heavy atom. The number of aryl methyl sites for hydroxylation is 1. The molecule has 170 valence electrons. The Bertz CT molecular complexity index is 984. The zero-order chi connectivity index (χ0) is 22.6. The number of nitrogens with zero attached hydrogens (tertiary/aromatic N) is 2. The number of sulfonamides is 1. The van der Waals surface area contributed by atoms with E-state index in [0.717, 1.165) is 32.5 Å². The second-order valence-corrected chi connectivity index (χ2v) is 9.59. The lowest BCUT2D eigenvalue weighted by molar-refractivity contribution is 0.121. The van der Waals surface area contributed by atoms with E-state index in [9.17, 15) is 17.2 Å². The molecule has 3 rings (SSSR count). The minimum absolute atomic E-state index is 0.000543. The van der Waals surface area contributed by atoms with Gasteiger partial charge in [0, 0.05) is 25.1 Å². The number of halogens is 2. The summed E-state index contributed by atoms with van der Waals surface area (Å²) in [5, 5.41) is 0. The molecule has 2 heterocycles. The SMILES string of the molecule is CCCN1CCC(Oc2ccc(NS(=O)(=O)c3ccc([C@H](C)C(F)F)cc3)c(C)n2)C1. The molecular weight excluding hydrogens is 424 g/mol. The van der Waals surface area contributed by atoms with Crippen molar-refractivity contribution in [3.8, 4) is 5.88 Å². The van der Waals surface area contributed by atoms with Crippen molar-refractivity contribution in [3.05, 3.63) is 47.7 Å². The van der Waals surface area contributed by atoms with Crippen molar-refractivity contribution < 1.29 is 21.9 Å². The van der Waals surface area contributed by atoms with Gasteiger partial charge in [-0.15, -0.1) is 0 Å². The van der Waals surface area contributed by atoms with Crippen LogP contribution in [0.15, 0.2) is 41.3 Å². The molecular formula is C22H29F2N3O3S. The smallest absolute Gasteiger partial charge is 0.261 e. The lowest BCUT2D eigenvalue weighted by Gasteiger charge is -2.17. The summed E-state index contributed by atoms with van der Waals surface area (Å²) in [5.41, 5.74) is 1.22. The van der Waals surface area contributed by atoms with Crippen LogP contribution in [0.4, 0.5) is 14.5 Å². The molecule has 1 unspecified atom stereocenters. The van der Waals surface area contributed by atoms with Crippen LogP contribution in [0.3, 0.4) is 0 Å². The maximum atomic E-state index is 12.8. The van der Waals surface area contributed by atoms with Crippen LogP contribution in [0, 0.1) is 6.92 Å². The molecule has 31 heavy (non-hydrogen) atoms. The second-order valence-electron chi connectivity index (χ2n) is 7.91. The molecule has 1 N–H and O–H groups in total. The van der Waals surface area contributed by atoms with Crippen molar-refractivity contribution in [2.24, 2.45) is 0 Å². The first kappa shape index (κ1) is 23.4. The predicted molar refractivity (Wildman–Crippen MR) is 116 cm³/mol. The van der Waals surface area contributed by atoms with Crippen LogP contribution >= 0.6 is 0 Å². The zero-order valence-corrected chi connectivity index (χ0v) is 18.8. The van der Waals surface area contributed by atoms with Crippen LogP contribution in [0.1, 0.15) is 43.9 Å². The topological polar surface area (TPSA) is 71.5 Å². The van der Waals surface area contributed by atoms with E-state index < -0.39 is 22.4 Å². The maximum absolute atomic E-state index is 12.8. The molecule has 0 radical (unpaired) electrons. The number of pyridine rings is 1. The highest BCUT2D eigenvalue weighted by molar-refractivity contribution is 7.92. The fourth-order valence-electron chi connectivity index (χ4n) is 3.59. The van der Waals surface area contributed by atoms with Crippen molar-refractivity contribution in [2.75, 3.05) is 24.4 Å². The largest absolute Gasteiger partial charge is 0.473 e. The Hall–Kier alpha value is -2.26. The van der Waals surface area contributed by atoms with Crippen LogP contribution in [-0.4, -0.2) is 50.5 Å². The number of hydrogen-bond acceptors (Lipinski definition) is 5. The summed E-state index contributed by atoms with van der Waals surface area (Å²) in [4.78, 5) is 6.75. The standard InChI is InChI=1S/C22H29F2N3O3S/c1-4-12-27-13-11-18(14-27)30-21-10-9-20(16(3)25-21)26-31(28,29)19-7-5-17(6-8-19)15(2)22(23)24/h5-10,15,18,22,26H,4,11-14H2,1-3H3/t15-,18?/m0/s1. The molecule has 2 atom stereocenters. The summed E-state index contributed by atoms with van der Waals surface area (Å²) >= 11 is 0. The minimum atomic E-state index is -3.87. The van der Waals surface area contributed by atoms with Gasteiger partial charge in [-0.3, -0.25) is 9.62 Å². The summed E-state index contributed by atoms with van der Waals surface area (Å²) in [6.07, 6.45) is -0.383. The lowest BCUT2D eigenvalue weighted by Crippen LogP contribution is -2.25. The van der Waals surface area contributed by atoms with Crippen LogP contribution in [0.2, 0.25) is 0 Å². The molecule has 1 aliphatic heterocycles. The van der Waals surface area contributed by atoms with E-state index >= 15 is 0 Å². The highest BCUT2D eigenvalue weighted by Gasteiger charge is 2.24. The van der Waals surface area contributed by atoms with E-state index in [2.05, 4.69) is 21.5 Å². The quantitative estimate of drug-likeness (QED) is 0.609. The molecule has 1 aromatic heterocycles. The van der Waals surface area contributed by atoms with Crippen molar-refractivity contribution in [3.63, 3.8) is 0 Å². The van der Waals surface area contributed by atoms with Gasteiger partial charge in [-0.25, -0.2) is 22.2 Å².